The van der Waals surface area contributed by atoms with E-state index < -0.39 is 0 Å². The van der Waals surface area contributed by atoms with Crippen LogP contribution in [0, 0.1) is 0 Å². The Balaban J connectivity index is 2.22. The van der Waals surface area contributed by atoms with Crippen LogP contribution in [-0.2, 0) is 12.0 Å². The third-order valence-electron chi connectivity index (χ3n) is 3.94. The fourth-order valence-electron chi connectivity index (χ4n) is 2.72. The van der Waals surface area contributed by atoms with Crippen molar-refractivity contribution in [3.05, 3.63) is 10.6 Å². The van der Waals surface area contributed by atoms with Crippen LogP contribution >= 0.6 is 11.3 Å². The zero-order valence-corrected chi connectivity index (χ0v) is 14.1. The van der Waals surface area contributed by atoms with E-state index in [-0.39, 0.29) is 12.0 Å². The number of nitrogens with zero attached hydrogens (tertiary/aromatic N) is 3. The van der Waals surface area contributed by atoms with Gasteiger partial charge < -0.3 is 14.9 Å². The standard InChI is InChI=1S/C15H27N3OS/c1-15(2,3)13-12(10-19)20-14(16-13)18-8-6-7-11(9-18)17(4)5/h11,19H,6-10H2,1-5H3. The Morgan fingerprint density at radius 2 is 2.10 bits per heavy atom. The van der Waals surface area contributed by atoms with E-state index in [0.29, 0.717) is 6.04 Å². The van der Waals surface area contributed by atoms with Gasteiger partial charge in [-0.1, -0.05) is 32.1 Å². The Kier molecular flexibility index (Phi) is 4.72. The predicted molar refractivity (Wildman–Crippen MR) is 85.7 cm³/mol. The molecule has 0 spiro atoms. The van der Waals surface area contributed by atoms with E-state index >= 15 is 0 Å². The van der Waals surface area contributed by atoms with Gasteiger partial charge in [-0.05, 0) is 26.9 Å². The lowest BCUT2D eigenvalue weighted by atomic mass is 9.91. The highest BCUT2D eigenvalue weighted by atomic mass is 32.1. The maximum Gasteiger partial charge on any atom is 0.185 e. The summed E-state index contributed by atoms with van der Waals surface area (Å²) in [5.74, 6) is 0. The van der Waals surface area contributed by atoms with Crippen LogP contribution in [0.4, 0.5) is 5.13 Å². The van der Waals surface area contributed by atoms with E-state index in [1.54, 1.807) is 11.3 Å². The molecule has 1 saturated heterocycles. The van der Waals surface area contributed by atoms with Gasteiger partial charge in [0.2, 0.25) is 0 Å². The van der Waals surface area contributed by atoms with Crippen molar-refractivity contribution in [1.82, 2.24) is 9.88 Å². The molecule has 1 aromatic rings. The molecule has 0 bridgehead atoms. The molecule has 5 heteroatoms. The summed E-state index contributed by atoms with van der Waals surface area (Å²) in [4.78, 5) is 10.5. The highest BCUT2D eigenvalue weighted by Crippen LogP contribution is 2.35. The molecule has 0 radical (unpaired) electrons. The van der Waals surface area contributed by atoms with Gasteiger partial charge in [-0.25, -0.2) is 4.98 Å². The SMILES string of the molecule is CN(C)C1CCCN(c2nc(C(C)(C)C)c(CO)s2)C1. The summed E-state index contributed by atoms with van der Waals surface area (Å²) in [7, 11) is 4.30. The monoisotopic (exact) mass is 297 g/mol. The Labute approximate surface area is 126 Å². The lowest BCUT2D eigenvalue weighted by Crippen LogP contribution is -2.45. The van der Waals surface area contributed by atoms with Gasteiger partial charge in [0.15, 0.2) is 5.13 Å². The lowest BCUT2D eigenvalue weighted by Gasteiger charge is -2.36. The normalized spacial score (nSPS) is 20.8. The Bertz CT molecular complexity index is 450. The molecule has 1 unspecified atom stereocenters. The van der Waals surface area contributed by atoms with E-state index in [9.17, 15) is 5.11 Å². The van der Waals surface area contributed by atoms with Crippen LogP contribution in [0.1, 0.15) is 44.2 Å². The van der Waals surface area contributed by atoms with Crippen molar-refractivity contribution in [3.63, 3.8) is 0 Å². The van der Waals surface area contributed by atoms with Crippen LogP contribution in [0.3, 0.4) is 0 Å². The maximum absolute atomic E-state index is 9.58. The number of rotatable bonds is 3. The molecule has 2 heterocycles. The second kappa shape index (κ2) is 6.00. The van der Waals surface area contributed by atoms with Gasteiger partial charge in [0, 0.05) is 24.5 Å². The molecule has 1 atom stereocenters. The quantitative estimate of drug-likeness (QED) is 0.930. The Morgan fingerprint density at radius 1 is 1.40 bits per heavy atom. The molecule has 114 valence electrons. The molecule has 20 heavy (non-hydrogen) atoms. The van der Waals surface area contributed by atoms with Gasteiger partial charge in [0.25, 0.3) is 0 Å². The molecule has 1 aliphatic rings. The van der Waals surface area contributed by atoms with Crippen molar-refractivity contribution in [2.24, 2.45) is 0 Å². The minimum atomic E-state index is -0.0104. The van der Waals surface area contributed by atoms with E-state index in [0.717, 1.165) is 28.8 Å². The summed E-state index contributed by atoms with van der Waals surface area (Å²) in [5, 5.41) is 10.7. The van der Waals surface area contributed by atoms with Crippen LogP contribution in [0.2, 0.25) is 0 Å². The smallest absolute Gasteiger partial charge is 0.185 e. The molecule has 2 rings (SSSR count). The summed E-state index contributed by atoms with van der Waals surface area (Å²) >= 11 is 1.65. The summed E-state index contributed by atoms with van der Waals surface area (Å²) in [6, 6.07) is 0.600. The van der Waals surface area contributed by atoms with Crippen LogP contribution in [-0.4, -0.2) is 48.2 Å². The van der Waals surface area contributed by atoms with Crippen molar-refractivity contribution >= 4 is 16.5 Å². The number of aromatic nitrogens is 1. The van der Waals surface area contributed by atoms with Crippen LogP contribution in [0.25, 0.3) is 0 Å². The van der Waals surface area contributed by atoms with E-state index in [4.69, 9.17) is 4.98 Å². The van der Waals surface area contributed by atoms with E-state index in [1.807, 2.05) is 0 Å². The maximum atomic E-state index is 9.58. The second-order valence-corrected chi connectivity index (χ2v) is 7.94. The van der Waals surface area contributed by atoms with Gasteiger partial charge in [0.05, 0.1) is 17.2 Å². The molecular formula is C15H27N3OS. The van der Waals surface area contributed by atoms with Crippen molar-refractivity contribution in [1.29, 1.82) is 0 Å². The number of thiazole rings is 1. The summed E-state index contributed by atoms with van der Waals surface area (Å²) in [5.41, 5.74) is 1.04. The molecule has 1 aliphatic heterocycles. The fraction of sp³-hybridized carbons (Fsp3) is 0.800. The van der Waals surface area contributed by atoms with Crippen LogP contribution in [0.5, 0.6) is 0 Å². The van der Waals surface area contributed by atoms with Gasteiger partial charge in [0.1, 0.15) is 0 Å². The fourth-order valence-corrected chi connectivity index (χ4v) is 3.88. The summed E-state index contributed by atoms with van der Waals surface area (Å²) in [6.45, 7) is 8.67. The minimum Gasteiger partial charge on any atom is -0.391 e. The first-order valence-corrected chi connectivity index (χ1v) is 8.17. The van der Waals surface area contributed by atoms with Crippen molar-refractivity contribution in [3.8, 4) is 0 Å². The second-order valence-electron chi connectivity index (χ2n) is 6.88. The summed E-state index contributed by atoms with van der Waals surface area (Å²) in [6.07, 6.45) is 2.47. The number of piperidine rings is 1. The average Bonchev–Trinajstić information content (AvgIpc) is 2.83. The first-order chi connectivity index (χ1) is 9.32. The molecular weight excluding hydrogens is 270 g/mol. The van der Waals surface area contributed by atoms with Gasteiger partial charge in [-0.3, -0.25) is 0 Å². The third-order valence-corrected chi connectivity index (χ3v) is 5.04. The van der Waals surface area contributed by atoms with Gasteiger partial charge in [-0.2, -0.15) is 0 Å². The van der Waals surface area contributed by atoms with Crippen LogP contribution < -0.4 is 4.90 Å². The topological polar surface area (TPSA) is 39.6 Å². The van der Waals surface area contributed by atoms with Crippen molar-refractivity contribution < 1.29 is 5.11 Å². The van der Waals surface area contributed by atoms with Crippen LogP contribution in [0.15, 0.2) is 0 Å². The lowest BCUT2D eigenvalue weighted by molar-refractivity contribution is 0.258. The Morgan fingerprint density at radius 3 is 2.60 bits per heavy atom. The zero-order chi connectivity index (χ0) is 14.9. The number of aliphatic hydroxyl groups excluding tert-OH is 1. The molecule has 1 aromatic heterocycles. The molecule has 1 fully saturated rings. The molecule has 4 nitrogen and oxygen atoms in total. The first kappa shape index (κ1) is 15.7. The number of hydrogen-bond donors (Lipinski definition) is 1. The molecule has 0 saturated carbocycles. The predicted octanol–water partition coefficient (Wildman–Crippen LogP) is 2.46. The highest BCUT2D eigenvalue weighted by Gasteiger charge is 2.27. The van der Waals surface area contributed by atoms with Crippen molar-refractivity contribution in [2.45, 2.75) is 51.7 Å². The Hall–Kier alpha value is -0.650. The molecule has 0 aliphatic carbocycles. The number of aliphatic hydroxyl groups is 1. The molecule has 0 amide bonds. The minimum absolute atomic E-state index is 0.0104. The highest BCUT2D eigenvalue weighted by molar-refractivity contribution is 7.15. The number of hydrogen-bond acceptors (Lipinski definition) is 5. The number of likely N-dealkylation sites (N-methyl/N-ethyl adjacent to an activating group) is 1. The third kappa shape index (κ3) is 3.32. The van der Waals surface area contributed by atoms with E-state index in [1.165, 1.54) is 12.8 Å². The zero-order valence-electron chi connectivity index (χ0n) is 13.3. The van der Waals surface area contributed by atoms with Gasteiger partial charge in [-0.15, -0.1) is 0 Å². The molecule has 1 N–H and O–H groups in total. The molecule has 0 aromatic carbocycles. The van der Waals surface area contributed by atoms with Crippen molar-refractivity contribution in [2.75, 3.05) is 32.1 Å². The first-order valence-electron chi connectivity index (χ1n) is 7.35. The van der Waals surface area contributed by atoms with E-state index in [2.05, 4.69) is 44.7 Å². The van der Waals surface area contributed by atoms with Gasteiger partial charge >= 0.3 is 0 Å². The average molecular weight is 297 g/mol. The summed E-state index contributed by atoms with van der Waals surface area (Å²) < 4.78 is 0. The largest absolute Gasteiger partial charge is 0.391 e. The number of anilines is 1.